The van der Waals surface area contributed by atoms with Crippen LogP contribution in [0.3, 0.4) is 0 Å². The SMILES string of the molecule is COC(CN)CC(=O)N(C)CC1CCCOC1. The van der Waals surface area contributed by atoms with Crippen LogP contribution in [0.1, 0.15) is 19.3 Å². The first kappa shape index (κ1) is 14.4. The summed E-state index contributed by atoms with van der Waals surface area (Å²) >= 11 is 0. The zero-order valence-electron chi connectivity index (χ0n) is 10.9. The highest BCUT2D eigenvalue weighted by molar-refractivity contribution is 5.76. The number of amides is 1. The molecule has 2 N–H and O–H groups in total. The molecule has 100 valence electrons. The van der Waals surface area contributed by atoms with E-state index in [4.69, 9.17) is 15.2 Å². The molecule has 0 aliphatic carbocycles. The van der Waals surface area contributed by atoms with Crippen molar-refractivity contribution in [3.8, 4) is 0 Å². The summed E-state index contributed by atoms with van der Waals surface area (Å²) in [6, 6.07) is 0. The summed E-state index contributed by atoms with van der Waals surface area (Å²) in [5.41, 5.74) is 5.50. The molecule has 0 saturated carbocycles. The summed E-state index contributed by atoms with van der Waals surface area (Å²) in [7, 11) is 3.42. The Morgan fingerprint density at radius 3 is 2.94 bits per heavy atom. The van der Waals surface area contributed by atoms with E-state index in [1.165, 1.54) is 0 Å². The number of carbonyl (C=O) groups excluding carboxylic acids is 1. The van der Waals surface area contributed by atoms with Gasteiger partial charge in [-0.3, -0.25) is 4.79 Å². The molecule has 17 heavy (non-hydrogen) atoms. The van der Waals surface area contributed by atoms with Crippen LogP contribution in [0.5, 0.6) is 0 Å². The molecule has 5 nitrogen and oxygen atoms in total. The van der Waals surface area contributed by atoms with E-state index in [1.54, 1.807) is 12.0 Å². The zero-order valence-corrected chi connectivity index (χ0v) is 10.9. The number of hydrogen-bond donors (Lipinski definition) is 1. The second-order valence-corrected chi connectivity index (χ2v) is 4.65. The maximum atomic E-state index is 11.9. The van der Waals surface area contributed by atoms with Gasteiger partial charge in [0.1, 0.15) is 0 Å². The molecule has 0 aromatic carbocycles. The van der Waals surface area contributed by atoms with Gasteiger partial charge in [-0.15, -0.1) is 0 Å². The van der Waals surface area contributed by atoms with Crippen molar-refractivity contribution in [1.82, 2.24) is 4.90 Å². The molecule has 5 heteroatoms. The number of hydrogen-bond acceptors (Lipinski definition) is 4. The molecule has 2 atom stereocenters. The van der Waals surface area contributed by atoms with Crippen molar-refractivity contribution in [2.24, 2.45) is 11.7 Å². The second-order valence-electron chi connectivity index (χ2n) is 4.65. The lowest BCUT2D eigenvalue weighted by Crippen LogP contribution is -2.38. The van der Waals surface area contributed by atoms with Gasteiger partial charge in [0.05, 0.1) is 19.1 Å². The summed E-state index contributed by atoms with van der Waals surface area (Å²) in [4.78, 5) is 13.7. The zero-order chi connectivity index (χ0) is 12.7. The van der Waals surface area contributed by atoms with Crippen molar-refractivity contribution >= 4 is 5.91 Å². The van der Waals surface area contributed by atoms with Gasteiger partial charge < -0.3 is 20.1 Å². The monoisotopic (exact) mass is 244 g/mol. The molecule has 0 bridgehead atoms. The topological polar surface area (TPSA) is 64.8 Å². The van der Waals surface area contributed by atoms with Crippen LogP contribution in [0.4, 0.5) is 0 Å². The van der Waals surface area contributed by atoms with Crippen LogP contribution in [-0.2, 0) is 14.3 Å². The average molecular weight is 244 g/mol. The predicted molar refractivity (Wildman–Crippen MR) is 65.6 cm³/mol. The van der Waals surface area contributed by atoms with Crippen molar-refractivity contribution in [3.63, 3.8) is 0 Å². The molecule has 2 unspecified atom stereocenters. The third kappa shape index (κ3) is 5.02. The van der Waals surface area contributed by atoms with Crippen molar-refractivity contribution in [2.75, 3.05) is 40.5 Å². The van der Waals surface area contributed by atoms with E-state index in [1.807, 2.05) is 7.05 Å². The highest BCUT2D eigenvalue weighted by Gasteiger charge is 2.20. The van der Waals surface area contributed by atoms with Gasteiger partial charge in [0.2, 0.25) is 5.91 Å². The standard InChI is InChI=1S/C12H24N2O3/c1-14(8-10-4-3-5-17-9-10)12(15)6-11(7-13)16-2/h10-11H,3-9,13H2,1-2H3. The van der Waals surface area contributed by atoms with Crippen LogP contribution in [0.2, 0.25) is 0 Å². The molecule has 0 aromatic heterocycles. The largest absolute Gasteiger partial charge is 0.381 e. The minimum absolute atomic E-state index is 0.0906. The molecule has 1 rings (SSSR count). The van der Waals surface area contributed by atoms with Crippen molar-refractivity contribution in [3.05, 3.63) is 0 Å². The van der Waals surface area contributed by atoms with Gasteiger partial charge in [0.25, 0.3) is 0 Å². The van der Waals surface area contributed by atoms with Crippen LogP contribution in [-0.4, -0.2) is 57.4 Å². The van der Waals surface area contributed by atoms with Crippen LogP contribution in [0, 0.1) is 5.92 Å². The number of carbonyl (C=O) groups is 1. The molecule has 1 fully saturated rings. The summed E-state index contributed by atoms with van der Waals surface area (Å²) in [6.45, 7) is 2.76. The average Bonchev–Trinajstić information content (AvgIpc) is 2.36. The summed E-state index contributed by atoms with van der Waals surface area (Å²) in [5.74, 6) is 0.560. The van der Waals surface area contributed by atoms with Crippen LogP contribution in [0.15, 0.2) is 0 Å². The molecule has 1 heterocycles. The molecular weight excluding hydrogens is 220 g/mol. The normalized spacial score (nSPS) is 22.2. The summed E-state index contributed by atoms with van der Waals surface area (Å²) < 4.78 is 10.5. The molecule has 0 spiro atoms. The van der Waals surface area contributed by atoms with Gasteiger partial charge in [-0.05, 0) is 18.8 Å². The third-order valence-corrected chi connectivity index (χ3v) is 3.21. The van der Waals surface area contributed by atoms with Crippen molar-refractivity contribution < 1.29 is 14.3 Å². The molecule has 1 aliphatic rings. The van der Waals surface area contributed by atoms with E-state index in [0.29, 0.717) is 18.9 Å². The quantitative estimate of drug-likeness (QED) is 0.726. The lowest BCUT2D eigenvalue weighted by molar-refractivity contribution is -0.133. The Bertz CT molecular complexity index is 226. The Balaban J connectivity index is 2.30. The fourth-order valence-corrected chi connectivity index (χ4v) is 2.05. The predicted octanol–water partition coefficient (Wildman–Crippen LogP) is 0.235. The Kier molecular flexibility index (Phi) is 6.47. The number of rotatable bonds is 6. The molecule has 1 amide bonds. The van der Waals surface area contributed by atoms with Crippen LogP contribution >= 0.6 is 0 Å². The second kappa shape index (κ2) is 7.63. The minimum atomic E-state index is -0.174. The van der Waals surface area contributed by atoms with Crippen molar-refractivity contribution in [2.45, 2.75) is 25.4 Å². The van der Waals surface area contributed by atoms with E-state index in [0.717, 1.165) is 32.6 Å². The van der Waals surface area contributed by atoms with E-state index in [-0.39, 0.29) is 12.0 Å². The van der Waals surface area contributed by atoms with E-state index in [9.17, 15) is 4.79 Å². The van der Waals surface area contributed by atoms with E-state index in [2.05, 4.69) is 0 Å². The Hall–Kier alpha value is -0.650. The maximum Gasteiger partial charge on any atom is 0.224 e. The first-order valence-electron chi connectivity index (χ1n) is 6.22. The fourth-order valence-electron chi connectivity index (χ4n) is 2.05. The highest BCUT2D eigenvalue weighted by Crippen LogP contribution is 2.15. The highest BCUT2D eigenvalue weighted by atomic mass is 16.5. The smallest absolute Gasteiger partial charge is 0.224 e. The van der Waals surface area contributed by atoms with E-state index >= 15 is 0 Å². The maximum absolute atomic E-state index is 11.9. The summed E-state index contributed by atoms with van der Waals surface area (Å²) in [5, 5.41) is 0. The van der Waals surface area contributed by atoms with Crippen LogP contribution in [0.25, 0.3) is 0 Å². The molecular formula is C12H24N2O3. The number of methoxy groups -OCH3 is 1. The molecule has 0 radical (unpaired) electrons. The Morgan fingerprint density at radius 2 is 2.41 bits per heavy atom. The van der Waals surface area contributed by atoms with Gasteiger partial charge in [0.15, 0.2) is 0 Å². The molecule has 1 saturated heterocycles. The Labute approximate surface area is 103 Å². The summed E-state index contributed by atoms with van der Waals surface area (Å²) in [6.07, 6.45) is 2.42. The van der Waals surface area contributed by atoms with Gasteiger partial charge in [-0.2, -0.15) is 0 Å². The number of ether oxygens (including phenoxy) is 2. The fraction of sp³-hybridized carbons (Fsp3) is 0.917. The van der Waals surface area contributed by atoms with Crippen LogP contribution < -0.4 is 5.73 Å². The number of nitrogens with zero attached hydrogens (tertiary/aromatic N) is 1. The van der Waals surface area contributed by atoms with E-state index < -0.39 is 0 Å². The van der Waals surface area contributed by atoms with Gasteiger partial charge in [-0.1, -0.05) is 0 Å². The van der Waals surface area contributed by atoms with Gasteiger partial charge in [0, 0.05) is 33.9 Å². The third-order valence-electron chi connectivity index (χ3n) is 3.21. The minimum Gasteiger partial charge on any atom is -0.381 e. The molecule has 1 aliphatic heterocycles. The first-order chi connectivity index (χ1) is 8.17. The lowest BCUT2D eigenvalue weighted by Gasteiger charge is -2.28. The van der Waals surface area contributed by atoms with Gasteiger partial charge in [-0.25, -0.2) is 0 Å². The first-order valence-corrected chi connectivity index (χ1v) is 6.22. The lowest BCUT2D eigenvalue weighted by atomic mass is 10.0. The number of nitrogens with two attached hydrogens (primary N) is 1. The Morgan fingerprint density at radius 1 is 1.65 bits per heavy atom. The molecule has 0 aromatic rings. The van der Waals surface area contributed by atoms with Crippen molar-refractivity contribution in [1.29, 1.82) is 0 Å². The van der Waals surface area contributed by atoms with Gasteiger partial charge >= 0.3 is 0 Å².